The van der Waals surface area contributed by atoms with E-state index in [4.69, 9.17) is 4.74 Å². The molecule has 0 N–H and O–H groups in total. The normalized spacial score (nSPS) is 26.9. The summed E-state index contributed by atoms with van der Waals surface area (Å²) in [5.74, 6) is -0.282. The lowest BCUT2D eigenvalue weighted by Gasteiger charge is -2.37. The van der Waals surface area contributed by atoms with E-state index in [1.165, 1.54) is 0 Å². The maximum Gasteiger partial charge on any atom is 0.264 e. The van der Waals surface area contributed by atoms with Crippen molar-refractivity contribution in [1.82, 2.24) is 0 Å². The van der Waals surface area contributed by atoms with Crippen molar-refractivity contribution in [3.05, 3.63) is 35.9 Å². The lowest BCUT2D eigenvalue weighted by Crippen LogP contribution is -2.48. The number of ether oxygens (including phenoxy) is 1. The molecule has 6 heteroatoms. The molecule has 0 saturated heterocycles. The van der Waals surface area contributed by atoms with Crippen LogP contribution in [-0.2, 0) is 25.6 Å². The zero-order valence-electron chi connectivity index (χ0n) is 10.7. The van der Waals surface area contributed by atoms with Gasteiger partial charge < -0.3 is 4.74 Å². The van der Waals surface area contributed by atoms with Gasteiger partial charge in [0.15, 0.2) is 0 Å². The molecule has 1 fully saturated rings. The fourth-order valence-electron chi connectivity index (χ4n) is 2.05. The summed E-state index contributed by atoms with van der Waals surface area (Å²) >= 11 is 0. The highest BCUT2D eigenvalue weighted by molar-refractivity contribution is 7.86. The highest BCUT2D eigenvalue weighted by Crippen LogP contribution is 2.34. The zero-order valence-corrected chi connectivity index (χ0v) is 11.5. The van der Waals surface area contributed by atoms with Gasteiger partial charge in [-0.15, -0.1) is 0 Å². The molecule has 0 aliphatic heterocycles. The third kappa shape index (κ3) is 4.26. The van der Waals surface area contributed by atoms with E-state index in [-0.39, 0.29) is 12.5 Å². The summed E-state index contributed by atoms with van der Waals surface area (Å²) in [4.78, 5) is 0. The lowest BCUT2D eigenvalue weighted by molar-refractivity contribution is -0.0720. The minimum atomic E-state index is -3.58. The van der Waals surface area contributed by atoms with Gasteiger partial charge in [-0.3, -0.25) is 4.18 Å². The van der Waals surface area contributed by atoms with Crippen LogP contribution in [-0.4, -0.2) is 33.6 Å². The quantitative estimate of drug-likeness (QED) is 0.750. The Kier molecular flexibility index (Phi) is 4.54. The van der Waals surface area contributed by atoms with Crippen LogP contribution in [0, 0.1) is 5.92 Å². The number of hydrogen-bond donors (Lipinski definition) is 0. The molecule has 1 aromatic carbocycles. The van der Waals surface area contributed by atoms with Crippen molar-refractivity contribution >= 4 is 10.1 Å². The minimum Gasteiger partial charge on any atom is -0.376 e. The molecular formula is C13H17FO4S. The van der Waals surface area contributed by atoms with Crippen molar-refractivity contribution in [1.29, 1.82) is 0 Å². The molecule has 1 aliphatic carbocycles. The first-order valence-electron chi connectivity index (χ1n) is 6.10. The molecule has 3 unspecified atom stereocenters. The maximum absolute atomic E-state index is 13.6. The van der Waals surface area contributed by atoms with Crippen LogP contribution in [0.1, 0.15) is 12.0 Å². The largest absolute Gasteiger partial charge is 0.376 e. The van der Waals surface area contributed by atoms with Gasteiger partial charge in [0.1, 0.15) is 12.3 Å². The Labute approximate surface area is 112 Å². The molecule has 0 bridgehead atoms. The van der Waals surface area contributed by atoms with Gasteiger partial charge in [-0.25, -0.2) is 4.39 Å². The van der Waals surface area contributed by atoms with E-state index in [1.54, 1.807) is 0 Å². The second-order valence-corrected chi connectivity index (χ2v) is 6.38. The second-order valence-electron chi connectivity index (χ2n) is 4.78. The highest BCUT2D eigenvalue weighted by atomic mass is 32.2. The van der Waals surface area contributed by atoms with Gasteiger partial charge in [0.05, 0.1) is 19.5 Å². The first kappa shape index (κ1) is 14.4. The van der Waals surface area contributed by atoms with Gasteiger partial charge in [0, 0.05) is 5.92 Å². The number of halogens is 1. The monoisotopic (exact) mass is 288 g/mol. The second kappa shape index (κ2) is 5.98. The van der Waals surface area contributed by atoms with Crippen molar-refractivity contribution in [2.75, 3.05) is 12.9 Å². The molecule has 3 atom stereocenters. The first-order chi connectivity index (χ1) is 8.96. The topological polar surface area (TPSA) is 52.6 Å². The zero-order chi connectivity index (χ0) is 13.9. The van der Waals surface area contributed by atoms with E-state index in [2.05, 4.69) is 4.18 Å². The van der Waals surface area contributed by atoms with Crippen molar-refractivity contribution in [3.63, 3.8) is 0 Å². The average molecular weight is 288 g/mol. The molecular weight excluding hydrogens is 271 g/mol. The molecule has 0 aromatic heterocycles. The summed E-state index contributed by atoms with van der Waals surface area (Å²) in [6.45, 7) is 0.710. The third-order valence-electron chi connectivity index (χ3n) is 3.08. The molecule has 0 radical (unpaired) electrons. The smallest absolute Gasteiger partial charge is 0.264 e. The molecule has 106 valence electrons. The Balaban J connectivity index is 1.69. The molecule has 0 spiro atoms. The maximum atomic E-state index is 13.6. The van der Waals surface area contributed by atoms with Gasteiger partial charge in [-0.05, 0) is 12.0 Å². The average Bonchev–Trinajstić information content (AvgIpc) is 2.36. The van der Waals surface area contributed by atoms with Gasteiger partial charge in [0.25, 0.3) is 10.1 Å². The summed E-state index contributed by atoms with van der Waals surface area (Å²) in [7, 11) is -3.58. The molecule has 4 nitrogen and oxygen atoms in total. The highest BCUT2D eigenvalue weighted by Gasteiger charge is 2.44. The van der Waals surface area contributed by atoms with Gasteiger partial charge in [-0.1, -0.05) is 30.3 Å². The molecule has 0 amide bonds. The number of rotatable bonds is 6. The fourth-order valence-corrected chi connectivity index (χ4v) is 2.68. The predicted molar refractivity (Wildman–Crippen MR) is 68.8 cm³/mol. The predicted octanol–water partition coefficient (Wildman–Crippen LogP) is 1.91. The van der Waals surface area contributed by atoms with Gasteiger partial charge in [0.2, 0.25) is 0 Å². The standard InChI is InChI=1S/C13H17FO4S/c1-19(15,16)18-12-7-11(13(12)14)9-17-8-10-5-3-2-4-6-10/h2-6,11-13H,7-9H2,1H3. The SMILES string of the molecule is CS(=O)(=O)OC1CC(COCc2ccccc2)C1F. The van der Waals surface area contributed by atoms with Crippen LogP contribution in [0.15, 0.2) is 30.3 Å². The number of benzene rings is 1. The Morgan fingerprint density at radius 2 is 2.00 bits per heavy atom. The molecule has 1 saturated carbocycles. The van der Waals surface area contributed by atoms with Crippen molar-refractivity contribution in [2.24, 2.45) is 5.92 Å². The van der Waals surface area contributed by atoms with Crippen LogP contribution in [0.3, 0.4) is 0 Å². The number of alkyl halides is 1. The van der Waals surface area contributed by atoms with Crippen molar-refractivity contribution < 1.29 is 21.7 Å². The van der Waals surface area contributed by atoms with E-state index in [9.17, 15) is 12.8 Å². The third-order valence-corrected chi connectivity index (χ3v) is 3.68. The van der Waals surface area contributed by atoms with Crippen LogP contribution in [0.25, 0.3) is 0 Å². The Bertz CT molecular complexity index is 503. The van der Waals surface area contributed by atoms with Crippen LogP contribution in [0.4, 0.5) is 4.39 Å². The van der Waals surface area contributed by atoms with E-state index in [0.29, 0.717) is 13.0 Å². The Morgan fingerprint density at radius 3 is 2.58 bits per heavy atom. The van der Waals surface area contributed by atoms with Crippen molar-refractivity contribution in [2.45, 2.75) is 25.3 Å². The summed E-state index contributed by atoms with van der Waals surface area (Å²) in [6, 6.07) is 9.61. The molecule has 0 heterocycles. The lowest BCUT2D eigenvalue weighted by atomic mass is 9.81. The Hall–Kier alpha value is -0.980. The molecule has 1 aliphatic rings. The van der Waals surface area contributed by atoms with Gasteiger partial charge in [-0.2, -0.15) is 8.42 Å². The Morgan fingerprint density at radius 1 is 1.32 bits per heavy atom. The van der Waals surface area contributed by atoms with E-state index in [0.717, 1.165) is 11.8 Å². The van der Waals surface area contributed by atoms with Crippen LogP contribution < -0.4 is 0 Å². The molecule has 19 heavy (non-hydrogen) atoms. The summed E-state index contributed by atoms with van der Waals surface area (Å²) < 4.78 is 45.4. The fraction of sp³-hybridized carbons (Fsp3) is 0.538. The minimum absolute atomic E-state index is 0.277. The first-order valence-corrected chi connectivity index (χ1v) is 7.91. The van der Waals surface area contributed by atoms with E-state index < -0.39 is 22.4 Å². The van der Waals surface area contributed by atoms with Crippen LogP contribution >= 0.6 is 0 Å². The summed E-state index contributed by atoms with van der Waals surface area (Å²) in [6.07, 6.45) is -0.812. The number of hydrogen-bond acceptors (Lipinski definition) is 4. The van der Waals surface area contributed by atoms with E-state index >= 15 is 0 Å². The summed E-state index contributed by atoms with van der Waals surface area (Å²) in [5.41, 5.74) is 1.03. The van der Waals surface area contributed by atoms with Gasteiger partial charge >= 0.3 is 0 Å². The van der Waals surface area contributed by atoms with Crippen LogP contribution in [0.2, 0.25) is 0 Å². The van der Waals surface area contributed by atoms with Crippen molar-refractivity contribution in [3.8, 4) is 0 Å². The van der Waals surface area contributed by atoms with Crippen LogP contribution in [0.5, 0.6) is 0 Å². The van der Waals surface area contributed by atoms with E-state index in [1.807, 2.05) is 30.3 Å². The molecule has 1 aromatic rings. The molecule has 2 rings (SSSR count). The summed E-state index contributed by atoms with van der Waals surface area (Å²) in [5, 5.41) is 0.